The predicted molar refractivity (Wildman–Crippen MR) is 91.8 cm³/mol. The number of hydrogen-bond donors (Lipinski definition) is 1. The second kappa shape index (κ2) is 6.84. The predicted octanol–water partition coefficient (Wildman–Crippen LogP) is 4.17. The van der Waals surface area contributed by atoms with E-state index in [0.29, 0.717) is 24.1 Å². The van der Waals surface area contributed by atoms with Crippen LogP contribution in [0.2, 0.25) is 5.02 Å². The molecule has 23 heavy (non-hydrogen) atoms. The third-order valence-corrected chi connectivity index (χ3v) is 4.39. The highest BCUT2D eigenvalue weighted by molar-refractivity contribution is 9.10. The maximum absolute atomic E-state index is 11.9. The van der Waals surface area contributed by atoms with Crippen LogP contribution < -0.4 is 5.32 Å². The van der Waals surface area contributed by atoms with E-state index in [0.717, 1.165) is 22.9 Å². The van der Waals surface area contributed by atoms with Crippen LogP contribution in [0, 0.1) is 0 Å². The van der Waals surface area contributed by atoms with Crippen molar-refractivity contribution in [3.63, 3.8) is 0 Å². The highest BCUT2D eigenvalue weighted by Gasteiger charge is 2.30. The molecular weight excluding hydrogens is 382 g/mol. The van der Waals surface area contributed by atoms with Gasteiger partial charge in [-0.05, 0) is 30.5 Å². The van der Waals surface area contributed by atoms with Crippen LogP contribution in [0.25, 0.3) is 0 Å². The number of methoxy groups -OCH3 is 1. The molecule has 1 aliphatic carbocycles. The van der Waals surface area contributed by atoms with Gasteiger partial charge in [0, 0.05) is 16.9 Å². The van der Waals surface area contributed by atoms with E-state index in [9.17, 15) is 4.79 Å². The fourth-order valence-corrected chi connectivity index (χ4v) is 2.85. The van der Waals surface area contributed by atoms with Gasteiger partial charge in [-0.1, -0.05) is 39.7 Å². The second-order valence-electron chi connectivity index (χ2n) is 5.34. The maximum atomic E-state index is 11.9. The zero-order valence-corrected chi connectivity index (χ0v) is 14.8. The van der Waals surface area contributed by atoms with Gasteiger partial charge in [-0.2, -0.15) is 0 Å². The Bertz CT molecular complexity index is 750. The van der Waals surface area contributed by atoms with E-state index in [1.165, 1.54) is 7.11 Å². The van der Waals surface area contributed by atoms with Gasteiger partial charge in [0.15, 0.2) is 5.69 Å². The van der Waals surface area contributed by atoms with Crippen LogP contribution in [-0.2, 0) is 11.3 Å². The van der Waals surface area contributed by atoms with E-state index in [4.69, 9.17) is 16.3 Å². The SMILES string of the molecule is COC(=O)c1nc(C2CC2)nc(NCc2cccc(Br)c2)c1Cl. The Labute approximate surface area is 147 Å². The molecular formula is C16H15BrClN3O2. The molecule has 2 aromatic rings. The molecule has 120 valence electrons. The van der Waals surface area contributed by atoms with Crippen LogP contribution in [0.1, 0.15) is 40.6 Å². The highest BCUT2D eigenvalue weighted by Crippen LogP contribution is 2.39. The van der Waals surface area contributed by atoms with E-state index in [1.807, 2.05) is 24.3 Å². The van der Waals surface area contributed by atoms with Crippen LogP contribution in [0.4, 0.5) is 5.82 Å². The summed E-state index contributed by atoms with van der Waals surface area (Å²) >= 11 is 9.72. The molecule has 1 aromatic carbocycles. The Morgan fingerprint density at radius 1 is 1.43 bits per heavy atom. The van der Waals surface area contributed by atoms with Crippen molar-refractivity contribution in [2.75, 3.05) is 12.4 Å². The summed E-state index contributed by atoms with van der Waals surface area (Å²) in [6.45, 7) is 0.543. The average Bonchev–Trinajstić information content (AvgIpc) is 3.38. The summed E-state index contributed by atoms with van der Waals surface area (Å²) in [6.07, 6.45) is 2.07. The Kier molecular flexibility index (Phi) is 4.82. The van der Waals surface area contributed by atoms with Gasteiger partial charge in [-0.15, -0.1) is 0 Å². The molecule has 1 fully saturated rings. The third-order valence-electron chi connectivity index (χ3n) is 3.54. The molecule has 0 spiro atoms. The average molecular weight is 397 g/mol. The topological polar surface area (TPSA) is 64.1 Å². The summed E-state index contributed by atoms with van der Waals surface area (Å²) in [6, 6.07) is 7.92. The lowest BCUT2D eigenvalue weighted by Crippen LogP contribution is -2.12. The summed E-state index contributed by atoms with van der Waals surface area (Å²) in [7, 11) is 1.31. The van der Waals surface area contributed by atoms with Gasteiger partial charge in [0.25, 0.3) is 0 Å². The van der Waals surface area contributed by atoms with Gasteiger partial charge >= 0.3 is 5.97 Å². The van der Waals surface area contributed by atoms with Crippen molar-refractivity contribution >= 4 is 39.3 Å². The van der Waals surface area contributed by atoms with Gasteiger partial charge in [0.2, 0.25) is 0 Å². The van der Waals surface area contributed by atoms with Crippen LogP contribution in [0.15, 0.2) is 28.7 Å². The zero-order chi connectivity index (χ0) is 16.4. The fourth-order valence-electron chi connectivity index (χ4n) is 2.17. The van der Waals surface area contributed by atoms with E-state index in [2.05, 4.69) is 31.2 Å². The summed E-state index contributed by atoms with van der Waals surface area (Å²) < 4.78 is 5.76. The number of hydrogen-bond acceptors (Lipinski definition) is 5. The fraction of sp³-hybridized carbons (Fsp3) is 0.312. The number of anilines is 1. The molecule has 0 unspecified atom stereocenters. The van der Waals surface area contributed by atoms with Crippen molar-refractivity contribution in [2.45, 2.75) is 25.3 Å². The largest absolute Gasteiger partial charge is 0.464 e. The molecule has 0 radical (unpaired) electrons. The van der Waals surface area contributed by atoms with Crippen LogP contribution in [0.5, 0.6) is 0 Å². The molecule has 0 aliphatic heterocycles. The third kappa shape index (κ3) is 3.82. The first-order valence-electron chi connectivity index (χ1n) is 7.22. The molecule has 3 rings (SSSR count). The minimum Gasteiger partial charge on any atom is -0.464 e. The maximum Gasteiger partial charge on any atom is 0.358 e. The Morgan fingerprint density at radius 2 is 2.22 bits per heavy atom. The zero-order valence-electron chi connectivity index (χ0n) is 12.5. The van der Waals surface area contributed by atoms with Crippen molar-refractivity contribution < 1.29 is 9.53 Å². The normalized spacial score (nSPS) is 13.7. The van der Waals surface area contributed by atoms with E-state index < -0.39 is 5.97 Å². The lowest BCUT2D eigenvalue weighted by molar-refractivity contribution is 0.0593. The molecule has 0 amide bonds. The monoisotopic (exact) mass is 395 g/mol. The standard InChI is InChI=1S/C16H15BrClN3O2/c1-23-16(22)13-12(18)15(21-14(20-13)10-5-6-10)19-8-9-3-2-4-11(17)7-9/h2-4,7,10H,5-6,8H2,1H3,(H,19,20,21). The van der Waals surface area contributed by atoms with Gasteiger partial charge in [0.05, 0.1) is 7.11 Å². The number of aromatic nitrogens is 2. The van der Waals surface area contributed by atoms with Crippen molar-refractivity contribution in [1.82, 2.24) is 9.97 Å². The van der Waals surface area contributed by atoms with Gasteiger partial charge in [0.1, 0.15) is 16.7 Å². The summed E-state index contributed by atoms with van der Waals surface area (Å²) in [5, 5.41) is 3.38. The van der Waals surface area contributed by atoms with Gasteiger partial charge in [-0.25, -0.2) is 14.8 Å². The molecule has 0 bridgehead atoms. The lowest BCUT2D eigenvalue weighted by atomic mass is 10.2. The Balaban J connectivity index is 1.88. The van der Waals surface area contributed by atoms with E-state index >= 15 is 0 Å². The molecule has 1 saturated carbocycles. The number of nitrogens with zero attached hydrogens (tertiary/aromatic N) is 2. The minimum absolute atomic E-state index is 0.114. The van der Waals surface area contributed by atoms with Crippen LogP contribution in [0.3, 0.4) is 0 Å². The molecule has 1 aliphatic rings. The van der Waals surface area contributed by atoms with Gasteiger partial charge in [-0.3, -0.25) is 0 Å². The quantitative estimate of drug-likeness (QED) is 0.769. The van der Waals surface area contributed by atoms with Crippen molar-refractivity contribution in [3.05, 3.63) is 50.8 Å². The highest BCUT2D eigenvalue weighted by atomic mass is 79.9. The molecule has 0 saturated heterocycles. The summed E-state index contributed by atoms with van der Waals surface area (Å²) in [4.78, 5) is 20.6. The first-order chi connectivity index (χ1) is 11.1. The number of ether oxygens (including phenoxy) is 1. The number of nitrogens with one attached hydrogen (secondary N) is 1. The van der Waals surface area contributed by atoms with E-state index in [1.54, 1.807) is 0 Å². The van der Waals surface area contributed by atoms with E-state index in [-0.39, 0.29) is 10.7 Å². The second-order valence-corrected chi connectivity index (χ2v) is 6.64. The molecule has 1 aromatic heterocycles. The Morgan fingerprint density at radius 3 is 2.87 bits per heavy atom. The number of rotatable bonds is 5. The number of carbonyl (C=O) groups excluding carboxylic acids is 1. The first kappa shape index (κ1) is 16.2. The first-order valence-corrected chi connectivity index (χ1v) is 8.39. The smallest absolute Gasteiger partial charge is 0.358 e. The number of esters is 1. The summed E-state index contributed by atoms with van der Waals surface area (Å²) in [5.41, 5.74) is 1.18. The lowest BCUT2D eigenvalue weighted by Gasteiger charge is -2.12. The molecule has 7 heteroatoms. The van der Waals surface area contributed by atoms with Crippen molar-refractivity contribution in [2.24, 2.45) is 0 Å². The molecule has 5 nitrogen and oxygen atoms in total. The number of carbonyl (C=O) groups is 1. The van der Waals surface area contributed by atoms with Crippen molar-refractivity contribution in [1.29, 1.82) is 0 Å². The number of halogens is 2. The van der Waals surface area contributed by atoms with Crippen LogP contribution in [-0.4, -0.2) is 23.0 Å². The van der Waals surface area contributed by atoms with Gasteiger partial charge < -0.3 is 10.1 Å². The summed E-state index contributed by atoms with van der Waals surface area (Å²) in [5.74, 6) is 0.863. The van der Waals surface area contributed by atoms with Crippen LogP contribution >= 0.6 is 27.5 Å². The Hall–Kier alpha value is -1.66. The van der Waals surface area contributed by atoms with Crippen molar-refractivity contribution in [3.8, 4) is 0 Å². The molecule has 1 N–H and O–H groups in total. The molecule has 1 heterocycles. The molecule has 0 atom stereocenters. The minimum atomic E-state index is -0.551. The number of benzene rings is 1.